The van der Waals surface area contributed by atoms with Crippen LogP contribution in [0.1, 0.15) is 27.7 Å². The highest BCUT2D eigenvalue weighted by atomic mass is 35.5. The van der Waals surface area contributed by atoms with Crippen molar-refractivity contribution >= 4 is 34.6 Å². The van der Waals surface area contributed by atoms with Gasteiger partial charge in [0.25, 0.3) is 0 Å². The van der Waals surface area contributed by atoms with E-state index in [0.717, 1.165) is 11.1 Å². The first-order valence-electron chi connectivity index (χ1n) is 7.26. The highest BCUT2D eigenvalue weighted by molar-refractivity contribution is 7.18. The Balaban J connectivity index is 1.83. The van der Waals surface area contributed by atoms with Gasteiger partial charge in [-0.05, 0) is 30.2 Å². The summed E-state index contributed by atoms with van der Waals surface area (Å²) < 4.78 is 6.13. The van der Waals surface area contributed by atoms with E-state index in [1.165, 1.54) is 11.3 Å². The molecule has 1 aliphatic heterocycles. The first kappa shape index (κ1) is 16.2. The molecule has 1 aliphatic rings. The van der Waals surface area contributed by atoms with E-state index in [-0.39, 0.29) is 5.78 Å². The Hall–Kier alpha value is -1.69. The number of hydrogen-bond acceptors (Lipinski definition) is 5. The van der Waals surface area contributed by atoms with Crippen molar-refractivity contribution in [3.05, 3.63) is 56.7 Å². The molecule has 0 saturated heterocycles. The minimum absolute atomic E-state index is 0.0621. The molecule has 2 heterocycles. The molecular formula is C17H17ClN2O2S. The number of nitrogens with zero attached hydrogens (tertiary/aromatic N) is 1. The standard InChI is InChI=1S/C17H17ClN2O2S/c1-17(10-22-9-16(19)20-17)12-4-2-3-11(7-12)8-13(21)14-5-6-15(18)23-14/h2-7H,8-10H2,1H3,(H2,19,20). The Kier molecular flexibility index (Phi) is 4.53. The fourth-order valence-corrected chi connectivity index (χ4v) is 3.62. The molecule has 2 N–H and O–H groups in total. The average molecular weight is 349 g/mol. The van der Waals surface area contributed by atoms with E-state index >= 15 is 0 Å². The molecule has 0 amide bonds. The first-order valence-corrected chi connectivity index (χ1v) is 8.46. The number of rotatable bonds is 4. The number of aliphatic imine (C=N–C) groups is 1. The van der Waals surface area contributed by atoms with Crippen molar-refractivity contribution in [3.63, 3.8) is 0 Å². The summed E-state index contributed by atoms with van der Waals surface area (Å²) in [6, 6.07) is 11.4. The third-order valence-electron chi connectivity index (χ3n) is 3.79. The van der Waals surface area contributed by atoms with Gasteiger partial charge in [-0.25, -0.2) is 0 Å². The van der Waals surface area contributed by atoms with E-state index in [9.17, 15) is 4.79 Å². The number of carbonyl (C=O) groups is 1. The minimum atomic E-state index is -0.506. The molecule has 1 unspecified atom stereocenters. The van der Waals surface area contributed by atoms with Crippen LogP contribution < -0.4 is 5.73 Å². The Bertz CT molecular complexity index is 771. The molecule has 1 aromatic heterocycles. The Morgan fingerprint density at radius 3 is 2.96 bits per heavy atom. The topological polar surface area (TPSA) is 64.7 Å². The number of benzene rings is 1. The Morgan fingerprint density at radius 1 is 1.43 bits per heavy atom. The number of hydrogen-bond donors (Lipinski definition) is 1. The van der Waals surface area contributed by atoms with Crippen LogP contribution in [0.25, 0.3) is 0 Å². The van der Waals surface area contributed by atoms with E-state index in [1.807, 2.05) is 31.2 Å². The summed E-state index contributed by atoms with van der Waals surface area (Å²) in [5.74, 6) is 0.556. The maximum absolute atomic E-state index is 12.3. The summed E-state index contributed by atoms with van der Waals surface area (Å²) in [6.07, 6.45) is 0.334. The van der Waals surface area contributed by atoms with Gasteiger partial charge in [0.2, 0.25) is 0 Å². The molecule has 4 nitrogen and oxygen atoms in total. The SMILES string of the molecule is CC1(c2cccc(CC(=O)c3ccc(Cl)s3)c2)COCC(N)=N1. The lowest BCUT2D eigenvalue weighted by molar-refractivity contribution is 0.0996. The highest BCUT2D eigenvalue weighted by Gasteiger charge is 2.30. The minimum Gasteiger partial charge on any atom is -0.386 e. The second-order valence-electron chi connectivity index (χ2n) is 5.77. The van der Waals surface area contributed by atoms with Crippen molar-refractivity contribution in [2.75, 3.05) is 13.2 Å². The van der Waals surface area contributed by atoms with Crippen molar-refractivity contribution < 1.29 is 9.53 Å². The van der Waals surface area contributed by atoms with Gasteiger partial charge in [-0.1, -0.05) is 35.9 Å². The average Bonchev–Trinajstić information content (AvgIpc) is 2.94. The lowest BCUT2D eigenvalue weighted by Crippen LogP contribution is -2.37. The van der Waals surface area contributed by atoms with Crippen molar-refractivity contribution in [3.8, 4) is 0 Å². The monoisotopic (exact) mass is 348 g/mol. The zero-order valence-electron chi connectivity index (χ0n) is 12.7. The molecule has 0 saturated carbocycles. The van der Waals surface area contributed by atoms with E-state index in [1.54, 1.807) is 12.1 Å². The maximum Gasteiger partial charge on any atom is 0.177 e. The molecule has 0 spiro atoms. The van der Waals surface area contributed by atoms with Crippen LogP contribution in [-0.4, -0.2) is 24.8 Å². The van der Waals surface area contributed by atoms with Gasteiger partial charge in [-0.2, -0.15) is 0 Å². The largest absolute Gasteiger partial charge is 0.386 e. The van der Waals surface area contributed by atoms with Gasteiger partial charge in [-0.3, -0.25) is 9.79 Å². The van der Waals surface area contributed by atoms with Crippen molar-refractivity contribution in [2.45, 2.75) is 18.9 Å². The number of thiophene rings is 1. The summed E-state index contributed by atoms with van der Waals surface area (Å²) in [5, 5.41) is 0. The van der Waals surface area contributed by atoms with Crippen LogP contribution >= 0.6 is 22.9 Å². The fraction of sp³-hybridized carbons (Fsp3) is 0.294. The van der Waals surface area contributed by atoms with Crippen LogP contribution in [0.2, 0.25) is 4.34 Å². The zero-order chi connectivity index (χ0) is 16.4. The molecular weight excluding hydrogens is 332 g/mol. The molecule has 1 aromatic carbocycles. The Morgan fingerprint density at radius 2 is 2.26 bits per heavy atom. The number of ketones is 1. The van der Waals surface area contributed by atoms with Gasteiger partial charge < -0.3 is 10.5 Å². The summed E-state index contributed by atoms with van der Waals surface area (Å²) >= 11 is 7.20. The van der Waals surface area contributed by atoms with E-state index in [4.69, 9.17) is 22.1 Å². The third-order valence-corrected chi connectivity index (χ3v) is 5.06. The zero-order valence-corrected chi connectivity index (χ0v) is 14.3. The van der Waals surface area contributed by atoms with Crippen LogP contribution in [0.4, 0.5) is 0 Å². The molecule has 0 aliphatic carbocycles. The molecule has 0 fully saturated rings. The van der Waals surface area contributed by atoms with Crippen molar-refractivity contribution in [1.82, 2.24) is 0 Å². The Labute approximate surface area is 143 Å². The molecule has 6 heteroatoms. The van der Waals surface area contributed by atoms with E-state index < -0.39 is 5.54 Å². The molecule has 0 radical (unpaired) electrons. The normalized spacial score (nSPS) is 21.0. The highest BCUT2D eigenvalue weighted by Crippen LogP contribution is 2.29. The van der Waals surface area contributed by atoms with Crippen molar-refractivity contribution in [2.24, 2.45) is 10.7 Å². The molecule has 23 heavy (non-hydrogen) atoms. The third kappa shape index (κ3) is 3.63. The van der Waals surface area contributed by atoms with E-state index in [0.29, 0.717) is 34.7 Å². The van der Waals surface area contributed by atoms with Crippen LogP contribution in [0.5, 0.6) is 0 Å². The van der Waals surface area contributed by atoms with Crippen molar-refractivity contribution in [1.29, 1.82) is 0 Å². The lowest BCUT2D eigenvalue weighted by Gasteiger charge is -2.30. The number of ether oxygens (including phenoxy) is 1. The second-order valence-corrected chi connectivity index (χ2v) is 7.49. The van der Waals surface area contributed by atoms with Crippen LogP contribution in [0.15, 0.2) is 41.4 Å². The lowest BCUT2D eigenvalue weighted by atomic mass is 9.90. The molecule has 3 rings (SSSR count). The van der Waals surface area contributed by atoms with Gasteiger partial charge in [0, 0.05) is 6.42 Å². The summed E-state index contributed by atoms with van der Waals surface area (Å²) in [5.41, 5.74) is 7.24. The van der Waals surface area contributed by atoms with Gasteiger partial charge in [0.15, 0.2) is 5.78 Å². The van der Waals surface area contributed by atoms with Crippen LogP contribution in [0, 0.1) is 0 Å². The van der Waals surface area contributed by atoms with Gasteiger partial charge in [0.05, 0.1) is 15.8 Å². The number of amidine groups is 1. The molecule has 2 aromatic rings. The van der Waals surface area contributed by atoms with Gasteiger partial charge in [-0.15, -0.1) is 11.3 Å². The van der Waals surface area contributed by atoms with Gasteiger partial charge in [0.1, 0.15) is 18.0 Å². The number of nitrogens with two attached hydrogens (primary N) is 1. The predicted octanol–water partition coefficient (Wildman–Crippen LogP) is 3.43. The molecule has 0 bridgehead atoms. The van der Waals surface area contributed by atoms with Crippen LogP contribution in [0.3, 0.4) is 0 Å². The summed E-state index contributed by atoms with van der Waals surface area (Å²) in [7, 11) is 0. The number of halogens is 1. The summed E-state index contributed by atoms with van der Waals surface area (Å²) in [4.78, 5) is 17.5. The second kappa shape index (κ2) is 6.43. The first-order chi connectivity index (χ1) is 11.0. The molecule has 120 valence electrons. The fourth-order valence-electron chi connectivity index (χ4n) is 2.64. The van der Waals surface area contributed by atoms with Crippen LogP contribution in [-0.2, 0) is 16.7 Å². The predicted molar refractivity (Wildman–Crippen MR) is 93.6 cm³/mol. The maximum atomic E-state index is 12.3. The smallest absolute Gasteiger partial charge is 0.177 e. The quantitative estimate of drug-likeness (QED) is 0.861. The number of Topliss-reactive ketones (excluding diaryl/α,β-unsaturated/α-hetero) is 1. The number of carbonyl (C=O) groups excluding carboxylic acids is 1. The van der Waals surface area contributed by atoms with Gasteiger partial charge >= 0.3 is 0 Å². The van der Waals surface area contributed by atoms with E-state index in [2.05, 4.69) is 4.99 Å². The summed E-state index contributed by atoms with van der Waals surface area (Å²) in [6.45, 7) is 2.83. The molecule has 1 atom stereocenters.